The van der Waals surface area contributed by atoms with Crippen LogP contribution < -0.4 is 10.5 Å². The normalized spacial score (nSPS) is 11.4. The molecule has 21 heavy (non-hydrogen) atoms. The SMILES string of the molecule is Cc1ccc(NS(=O)(=O)c2ccc(Cl)c(F)c2Cl)cc1N. The van der Waals surface area contributed by atoms with Gasteiger partial charge in [0.1, 0.15) is 4.90 Å². The van der Waals surface area contributed by atoms with Crippen LogP contribution in [0.4, 0.5) is 15.8 Å². The Morgan fingerprint density at radius 2 is 1.86 bits per heavy atom. The minimum Gasteiger partial charge on any atom is -0.398 e. The number of nitrogens with two attached hydrogens (primary N) is 1. The van der Waals surface area contributed by atoms with E-state index in [1.54, 1.807) is 19.1 Å². The van der Waals surface area contributed by atoms with Crippen LogP contribution >= 0.6 is 23.2 Å². The first-order chi connectivity index (χ1) is 9.72. The Morgan fingerprint density at radius 1 is 1.19 bits per heavy atom. The highest BCUT2D eigenvalue weighted by Crippen LogP contribution is 2.31. The van der Waals surface area contributed by atoms with Gasteiger partial charge in [-0.2, -0.15) is 0 Å². The van der Waals surface area contributed by atoms with Crippen LogP contribution in [-0.4, -0.2) is 8.42 Å². The summed E-state index contributed by atoms with van der Waals surface area (Å²) < 4.78 is 40.4. The van der Waals surface area contributed by atoms with Crippen molar-refractivity contribution in [2.24, 2.45) is 0 Å². The molecule has 2 aromatic rings. The standard InChI is InChI=1S/C13H11Cl2FN2O2S/c1-7-2-3-8(6-10(7)17)18-21(19,20)11-5-4-9(14)13(16)12(11)15/h2-6,18H,17H2,1H3. The summed E-state index contributed by atoms with van der Waals surface area (Å²) in [5.74, 6) is -0.982. The van der Waals surface area contributed by atoms with Gasteiger partial charge in [0.15, 0.2) is 5.82 Å². The molecular formula is C13H11Cl2FN2O2S. The van der Waals surface area contributed by atoms with Crippen molar-refractivity contribution < 1.29 is 12.8 Å². The Labute approximate surface area is 131 Å². The third kappa shape index (κ3) is 3.23. The smallest absolute Gasteiger partial charge is 0.263 e. The Hall–Kier alpha value is -1.50. The molecule has 0 aliphatic carbocycles. The van der Waals surface area contributed by atoms with Crippen LogP contribution in [0.25, 0.3) is 0 Å². The van der Waals surface area contributed by atoms with Gasteiger partial charge >= 0.3 is 0 Å². The number of anilines is 2. The van der Waals surface area contributed by atoms with Gasteiger partial charge in [-0.3, -0.25) is 4.72 Å². The van der Waals surface area contributed by atoms with E-state index >= 15 is 0 Å². The molecule has 0 heterocycles. The molecular weight excluding hydrogens is 338 g/mol. The summed E-state index contributed by atoms with van der Waals surface area (Å²) in [5.41, 5.74) is 7.22. The zero-order valence-corrected chi connectivity index (χ0v) is 13.2. The van der Waals surface area contributed by atoms with E-state index in [0.29, 0.717) is 5.69 Å². The van der Waals surface area contributed by atoms with Crippen LogP contribution in [0.1, 0.15) is 5.56 Å². The van der Waals surface area contributed by atoms with Gasteiger partial charge in [0.2, 0.25) is 0 Å². The van der Waals surface area contributed by atoms with E-state index in [1.165, 1.54) is 6.07 Å². The Morgan fingerprint density at radius 3 is 2.48 bits per heavy atom. The van der Waals surface area contributed by atoms with E-state index in [0.717, 1.165) is 17.7 Å². The van der Waals surface area contributed by atoms with Gasteiger partial charge in [0.25, 0.3) is 10.0 Å². The molecule has 2 aromatic carbocycles. The van der Waals surface area contributed by atoms with E-state index in [-0.39, 0.29) is 10.7 Å². The Kier molecular flexibility index (Phi) is 4.32. The maximum atomic E-state index is 13.6. The third-order valence-electron chi connectivity index (χ3n) is 2.82. The van der Waals surface area contributed by atoms with Crippen LogP contribution in [0.2, 0.25) is 10.0 Å². The molecule has 112 valence electrons. The van der Waals surface area contributed by atoms with Gasteiger partial charge in [-0.05, 0) is 36.8 Å². The van der Waals surface area contributed by atoms with Gasteiger partial charge in [-0.1, -0.05) is 29.3 Å². The van der Waals surface area contributed by atoms with Crippen LogP contribution in [0, 0.1) is 12.7 Å². The van der Waals surface area contributed by atoms with Crippen molar-refractivity contribution in [2.75, 3.05) is 10.5 Å². The average molecular weight is 349 g/mol. The summed E-state index contributed by atoms with van der Waals surface area (Å²) in [6, 6.07) is 6.93. The molecule has 0 saturated heterocycles. The molecule has 3 N–H and O–H groups in total. The van der Waals surface area contributed by atoms with E-state index in [9.17, 15) is 12.8 Å². The topological polar surface area (TPSA) is 72.2 Å². The number of benzene rings is 2. The van der Waals surface area contributed by atoms with Crippen LogP contribution in [0.3, 0.4) is 0 Å². The molecule has 0 atom stereocenters. The van der Waals surface area contributed by atoms with Crippen molar-refractivity contribution in [3.05, 3.63) is 51.8 Å². The third-order valence-corrected chi connectivity index (χ3v) is 5.02. The maximum Gasteiger partial charge on any atom is 0.263 e. The lowest BCUT2D eigenvalue weighted by Crippen LogP contribution is -2.14. The molecule has 0 aromatic heterocycles. The summed E-state index contributed by atoms with van der Waals surface area (Å²) in [7, 11) is -4.05. The summed E-state index contributed by atoms with van der Waals surface area (Å²) in [6.45, 7) is 1.79. The number of halogens is 3. The van der Waals surface area contributed by atoms with Crippen molar-refractivity contribution >= 4 is 44.6 Å². The lowest BCUT2D eigenvalue weighted by molar-refractivity contribution is 0.595. The van der Waals surface area contributed by atoms with Crippen molar-refractivity contribution in [3.63, 3.8) is 0 Å². The van der Waals surface area contributed by atoms with E-state index in [4.69, 9.17) is 28.9 Å². The fraction of sp³-hybridized carbons (Fsp3) is 0.0769. The Bertz CT molecular complexity index is 810. The molecule has 0 bridgehead atoms. The summed E-state index contributed by atoms with van der Waals surface area (Å²) in [4.78, 5) is -0.398. The van der Waals surface area contributed by atoms with Gasteiger partial charge < -0.3 is 5.73 Å². The van der Waals surface area contributed by atoms with Gasteiger partial charge in [-0.15, -0.1) is 0 Å². The second-order valence-corrected chi connectivity index (χ2v) is 6.79. The number of rotatable bonds is 3. The van der Waals surface area contributed by atoms with Gasteiger partial charge in [0.05, 0.1) is 15.7 Å². The number of hydrogen-bond donors (Lipinski definition) is 2. The van der Waals surface area contributed by atoms with E-state index in [2.05, 4.69) is 4.72 Å². The first kappa shape index (κ1) is 15.9. The number of aryl methyl sites for hydroxylation is 1. The summed E-state index contributed by atoms with van der Waals surface area (Å²) in [5, 5.41) is -0.811. The number of hydrogen-bond acceptors (Lipinski definition) is 3. The molecule has 0 aliphatic rings. The van der Waals surface area contributed by atoms with Gasteiger partial charge in [-0.25, -0.2) is 12.8 Å². The van der Waals surface area contributed by atoms with Crippen molar-refractivity contribution in [2.45, 2.75) is 11.8 Å². The molecule has 0 spiro atoms. The Balaban J connectivity index is 2.43. The fourth-order valence-corrected chi connectivity index (χ4v) is 3.43. The highest BCUT2D eigenvalue weighted by molar-refractivity contribution is 7.92. The van der Waals surface area contributed by atoms with Crippen molar-refractivity contribution in [1.82, 2.24) is 0 Å². The number of nitrogens with one attached hydrogen (secondary N) is 1. The number of nitrogen functional groups attached to an aromatic ring is 1. The molecule has 0 amide bonds. The molecule has 0 radical (unpaired) electrons. The quantitative estimate of drug-likeness (QED) is 0.654. The van der Waals surface area contributed by atoms with E-state index < -0.39 is 25.8 Å². The number of sulfonamides is 1. The first-order valence-electron chi connectivity index (χ1n) is 5.75. The van der Waals surface area contributed by atoms with Crippen LogP contribution in [0.5, 0.6) is 0 Å². The van der Waals surface area contributed by atoms with Gasteiger partial charge in [0, 0.05) is 5.69 Å². The lowest BCUT2D eigenvalue weighted by Gasteiger charge is -2.11. The highest BCUT2D eigenvalue weighted by atomic mass is 35.5. The zero-order valence-electron chi connectivity index (χ0n) is 10.8. The summed E-state index contributed by atoms with van der Waals surface area (Å²) in [6.07, 6.45) is 0. The van der Waals surface area contributed by atoms with Crippen LogP contribution in [-0.2, 0) is 10.0 Å². The highest BCUT2D eigenvalue weighted by Gasteiger charge is 2.22. The summed E-state index contributed by atoms with van der Waals surface area (Å²) >= 11 is 11.2. The average Bonchev–Trinajstić information content (AvgIpc) is 2.39. The molecule has 0 fully saturated rings. The van der Waals surface area contributed by atoms with E-state index in [1.807, 2.05) is 0 Å². The minimum atomic E-state index is -4.05. The molecule has 0 saturated carbocycles. The van der Waals surface area contributed by atoms with Crippen molar-refractivity contribution in [1.29, 1.82) is 0 Å². The molecule has 8 heteroatoms. The fourth-order valence-electron chi connectivity index (χ4n) is 1.63. The largest absolute Gasteiger partial charge is 0.398 e. The molecule has 4 nitrogen and oxygen atoms in total. The predicted molar refractivity (Wildman–Crippen MR) is 82.8 cm³/mol. The molecule has 0 aliphatic heterocycles. The second kappa shape index (κ2) is 5.71. The zero-order chi connectivity index (χ0) is 15.8. The monoisotopic (exact) mass is 348 g/mol. The second-order valence-electron chi connectivity index (χ2n) is 4.35. The molecule has 0 unspecified atom stereocenters. The predicted octanol–water partition coefficient (Wildman–Crippen LogP) is 3.82. The lowest BCUT2D eigenvalue weighted by atomic mass is 10.2. The van der Waals surface area contributed by atoms with Crippen molar-refractivity contribution in [3.8, 4) is 0 Å². The maximum absolute atomic E-state index is 13.6. The molecule has 2 rings (SSSR count). The minimum absolute atomic E-state index is 0.251. The van der Waals surface area contributed by atoms with Crippen LogP contribution in [0.15, 0.2) is 35.2 Å². The first-order valence-corrected chi connectivity index (χ1v) is 7.99.